The molecule has 1 heterocycles. The topological polar surface area (TPSA) is 96.7 Å². The summed E-state index contributed by atoms with van der Waals surface area (Å²) in [4.78, 5) is 16.6. The maximum absolute atomic E-state index is 13.6. The van der Waals surface area contributed by atoms with Crippen molar-refractivity contribution in [1.82, 2.24) is 4.98 Å². The lowest BCUT2D eigenvalue weighted by atomic mass is 9.85. The molecule has 0 aliphatic rings. The Kier molecular flexibility index (Phi) is 7.14. The number of hydrogen-bond donors (Lipinski definition) is 2. The second kappa shape index (κ2) is 9.65. The quantitative estimate of drug-likeness (QED) is 0.281. The van der Waals surface area contributed by atoms with Crippen molar-refractivity contribution >= 4 is 25.3 Å². The molecule has 0 radical (unpaired) electrons. The first-order chi connectivity index (χ1) is 15.2. The fraction of sp³-hybridized carbons (Fsp3) is 0.250. The van der Waals surface area contributed by atoms with Gasteiger partial charge in [-0.1, -0.05) is 38.6 Å². The van der Waals surface area contributed by atoms with Crippen molar-refractivity contribution in [3.63, 3.8) is 0 Å². The minimum atomic E-state index is -2.39. The van der Waals surface area contributed by atoms with Gasteiger partial charge in [-0.05, 0) is 41.8 Å². The lowest BCUT2D eigenvalue weighted by Crippen LogP contribution is -2.38. The van der Waals surface area contributed by atoms with Crippen molar-refractivity contribution in [3.05, 3.63) is 78.3 Å². The zero-order valence-corrected chi connectivity index (χ0v) is 18.6. The van der Waals surface area contributed by atoms with Gasteiger partial charge in [0.25, 0.3) is 0 Å². The molecule has 32 heavy (non-hydrogen) atoms. The van der Waals surface area contributed by atoms with Gasteiger partial charge in [-0.3, -0.25) is 9.36 Å². The number of ether oxygens (including phenoxy) is 1. The third-order valence-corrected chi connectivity index (χ3v) is 5.97. The monoisotopic (exact) mass is 455 g/mol. The molecule has 0 bridgehead atoms. The van der Waals surface area contributed by atoms with Gasteiger partial charge >= 0.3 is 5.97 Å². The van der Waals surface area contributed by atoms with E-state index < -0.39 is 38.1 Å². The number of fused-ring (bicyclic) bond motifs is 1. The van der Waals surface area contributed by atoms with Crippen LogP contribution in [0.1, 0.15) is 37.3 Å². The summed E-state index contributed by atoms with van der Waals surface area (Å²) in [6, 6.07) is 12.7. The van der Waals surface area contributed by atoms with Gasteiger partial charge in [0.2, 0.25) is 0 Å². The number of carbonyl (C=O) groups is 1. The number of esters is 1. The van der Waals surface area contributed by atoms with Crippen LogP contribution in [-0.4, -0.2) is 27.3 Å². The van der Waals surface area contributed by atoms with E-state index in [-0.39, 0.29) is 17.2 Å². The van der Waals surface area contributed by atoms with E-state index in [4.69, 9.17) is 0 Å². The highest BCUT2D eigenvalue weighted by atomic mass is 31.1. The SMILES string of the molecule is C=COC(=O)CC(O)C(O)(P=O)c1c(-c2ccc(F)cc2)nc2ccccc2c1C(C)C. The number of pyridine rings is 1. The van der Waals surface area contributed by atoms with E-state index in [1.54, 1.807) is 6.07 Å². The molecule has 0 fully saturated rings. The first-order valence-electron chi connectivity index (χ1n) is 9.97. The van der Waals surface area contributed by atoms with Crippen LogP contribution in [0.4, 0.5) is 4.39 Å². The second-order valence-electron chi connectivity index (χ2n) is 7.62. The van der Waals surface area contributed by atoms with Crippen LogP contribution < -0.4 is 0 Å². The third-order valence-electron chi connectivity index (χ3n) is 5.17. The van der Waals surface area contributed by atoms with Gasteiger partial charge in [-0.2, -0.15) is 0 Å². The molecule has 1 aromatic heterocycles. The summed E-state index contributed by atoms with van der Waals surface area (Å²) >= 11 is 0. The van der Waals surface area contributed by atoms with Crippen LogP contribution in [0.2, 0.25) is 0 Å². The Morgan fingerprint density at radius 3 is 2.50 bits per heavy atom. The smallest absolute Gasteiger partial charge is 0.313 e. The second-order valence-corrected chi connectivity index (χ2v) is 8.49. The molecule has 0 amide bonds. The molecule has 3 rings (SSSR count). The Hall–Kier alpha value is -2.99. The molecule has 2 N–H and O–H groups in total. The number of hydrogen-bond acceptors (Lipinski definition) is 6. The van der Waals surface area contributed by atoms with E-state index in [2.05, 4.69) is 16.3 Å². The van der Waals surface area contributed by atoms with E-state index in [0.29, 0.717) is 22.0 Å². The molecular weight excluding hydrogens is 432 g/mol. The van der Waals surface area contributed by atoms with Crippen LogP contribution in [0.5, 0.6) is 0 Å². The molecule has 6 nitrogen and oxygen atoms in total. The lowest BCUT2D eigenvalue weighted by molar-refractivity contribution is -0.143. The predicted octanol–water partition coefficient (Wildman–Crippen LogP) is 5.04. The van der Waals surface area contributed by atoms with Crippen LogP contribution in [-0.2, 0) is 19.4 Å². The van der Waals surface area contributed by atoms with Crippen LogP contribution >= 0.6 is 8.46 Å². The van der Waals surface area contributed by atoms with Gasteiger partial charge in [0.1, 0.15) is 11.9 Å². The third kappa shape index (κ3) is 4.46. The summed E-state index contributed by atoms with van der Waals surface area (Å²) in [5, 5.41) is 20.7. The number of aromatic nitrogens is 1. The summed E-state index contributed by atoms with van der Waals surface area (Å²) in [5.74, 6) is -1.49. The van der Waals surface area contributed by atoms with Crippen LogP contribution in [0.15, 0.2) is 61.4 Å². The van der Waals surface area contributed by atoms with Gasteiger partial charge in [0, 0.05) is 16.5 Å². The fourth-order valence-electron chi connectivity index (χ4n) is 3.74. The highest BCUT2D eigenvalue weighted by Crippen LogP contribution is 2.47. The van der Waals surface area contributed by atoms with E-state index in [1.807, 2.05) is 32.0 Å². The zero-order chi connectivity index (χ0) is 23.5. The normalized spacial score (nSPS) is 14.3. The van der Waals surface area contributed by atoms with Crippen LogP contribution in [0, 0.1) is 5.82 Å². The minimum absolute atomic E-state index is 0.105. The van der Waals surface area contributed by atoms with Gasteiger partial charge in [-0.25, -0.2) is 9.37 Å². The highest BCUT2D eigenvalue weighted by Gasteiger charge is 2.45. The maximum atomic E-state index is 13.6. The van der Waals surface area contributed by atoms with Crippen molar-refractivity contribution in [3.8, 4) is 11.3 Å². The van der Waals surface area contributed by atoms with Gasteiger partial charge in [-0.15, -0.1) is 0 Å². The zero-order valence-electron chi connectivity index (χ0n) is 17.7. The number of halogens is 1. The molecule has 0 saturated heterocycles. The average Bonchev–Trinajstić information content (AvgIpc) is 2.77. The van der Waals surface area contributed by atoms with Crippen molar-refractivity contribution in [2.75, 3.05) is 0 Å². The van der Waals surface area contributed by atoms with E-state index in [0.717, 1.165) is 6.26 Å². The number of para-hydroxylation sites is 1. The van der Waals surface area contributed by atoms with Crippen molar-refractivity contribution in [1.29, 1.82) is 0 Å². The number of aliphatic hydroxyl groups excluding tert-OH is 1. The number of aliphatic hydroxyl groups is 2. The summed E-state index contributed by atoms with van der Waals surface area (Å²) in [5.41, 5.74) is 2.02. The molecule has 0 spiro atoms. The van der Waals surface area contributed by atoms with Crippen LogP contribution in [0.3, 0.4) is 0 Å². The number of rotatable bonds is 8. The largest absolute Gasteiger partial charge is 0.435 e. The number of nitrogens with zero attached hydrogens (tertiary/aromatic N) is 1. The van der Waals surface area contributed by atoms with Crippen molar-refractivity contribution < 1.29 is 28.7 Å². The van der Waals surface area contributed by atoms with Crippen molar-refractivity contribution in [2.24, 2.45) is 0 Å². The molecule has 0 aliphatic heterocycles. The molecule has 3 aromatic rings. The summed E-state index contributed by atoms with van der Waals surface area (Å²) < 4.78 is 30.6. The summed E-state index contributed by atoms with van der Waals surface area (Å²) in [6.45, 7) is 7.07. The Labute approximate surface area is 186 Å². The summed E-state index contributed by atoms with van der Waals surface area (Å²) in [6.07, 6.45) is -1.51. The molecule has 2 atom stereocenters. The molecule has 8 heteroatoms. The summed E-state index contributed by atoms with van der Waals surface area (Å²) in [7, 11) is -0.839. The molecular formula is C24H23FNO5P. The number of carbonyl (C=O) groups excluding carboxylic acids is 1. The van der Waals surface area contributed by atoms with Gasteiger partial charge in [0.15, 0.2) is 13.8 Å². The van der Waals surface area contributed by atoms with E-state index in [9.17, 15) is 24.0 Å². The molecule has 166 valence electrons. The molecule has 0 aliphatic carbocycles. The Morgan fingerprint density at radius 1 is 1.25 bits per heavy atom. The lowest BCUT2D eigenvalue weighted by Gasteiger charge is -2.32. The van der Waals surface area contributed by atoms with Gasteiger partial charge < -0.3 is 14.9 Å². The average molecular weight is 455 g/mol. The highest BCUT2D eigenvalue weighted by molar-refractivity contribution is 7.25. The van der Waals surface area contributed by atoms with Gasteiger partial charge in [0.05, 0.1) is 23.9 Å². The molecule has 2 unspecified atom stereocenters. The van der Waals surface area contributed by atoms with Crippen molar-refractivity contribution in [2.45, 2.75) is 37.6 Å². The maximum Gasteiger partial charge on any atom is 0.313 e. The first kappa shape index (κ1) is 23.7. The fourth-order valence-corrected chi connectivity index (χ4v) is 4.27. The molecule has 0 saturated carbocycles. The van der Waals surface area contributed by atoms with Crippen LogP contribution in [0.25, 0.3) is 22.2 Å². The molecule has 2 aromatic carbocycles. The predicted molar refractivity (Wildman–Crippen MR) is 120 cm³/mol. The van der Waals surface area contributed by atoms with E-state index in [1.165, 1.54) is 24.3 Å². The Balaban J connectivity index is 2.37. The van der Waals surface area contributed by atoms with E-state index >= 15 is 0 Å². The minimum Gasteiger partial charge on any atom is -0.435 e. The number of benzene rings is 2. The first-order valence-corrected chi connectivity index (χ1v) is 10.8. The Morgan fingerprint density at radius 2 is 1.91 bits per heavy atom. The Bertz CT molecular complexity index is 1170. The standard InChI is InChI=1S/C24H23FNO5P/c1-4-31-20(28)13-19(27)24(29,32-30)22-21(14(2)3)17-7-5-6-8-18(17)26-23(22)15-9-11-16(25)12-10-15/h4-12,14,19,27,29H,1,13H2,2-3H3.